The van der Waals surface area contributed by atoms with Crippen molar-refractivity contribution in [3.63, 3.8) is 0 Å². The number of allylic oxidation sites excluding steroid dienone is 1. The third-order valence-corrected chi connectivity index (χ3v) is 6.61. The van der Waals surface area contributed by atoms with Gasteiger partial charge in [0.15, 0.2) is 0 Å². The van der Waals surface area contributed by atoms with Gasteiger partial charge in [-0.1, -0.05) is 56.3 Å². The van der Waals surface area contributed by atoms with Gasteiger partial charge in [0.1, 0.15) is 0 Å². The number of sulfonamides is 1. The molecule has 0 fully saturated rings. The topological polar surface area (TPSA) is 121 Å². The number of guanidine groups is 1. The highest BCUT2D eigenvalue weighted by Crippen LogP contribution is 2.26. The van der Waals surface area contributed by atoms with Crippen molar-refractivity contribution in [2.24, 2.45) is 10.9 Å². The van der Waals surface area contributed by atoms with Crippen molar-refractivity contribution in [1.82, 2.24) is 9.71 Å². The number of hydrogen-bond donors (Lipinski definition) is 3. The first-order valence-corrected chi connectivity index (χ1v) is 13.5. The Morgan fingerprint density at radius 1 is 1.05 bits per heavy atom. The Balaban J connectivity index is 1.90. The summed E-state index contributed by atoms with van der Waals surface area (Å²) >= 11 is 0. The van der Waals surface area contributed by atoms with E-state index < -0.39 is 16.0 Å². The molecule has 0 aliphatic carbocycles. The molecule has 0 radical (unpaired) electrons. The lowest BCUT2D eigenvalue weighted by atomic mass is 9.97. The van der Waals surface area contributed by atoms with E-state index in [0.717, 1.165) is 16.7 Å². The molecule has 194 valence electrons. The predicted octanol–water partition coefficient (Wildman–Crippen LogP) is 5.17. The monoisotopic (exact) mass is 520 g/mol. The van der Waals surface area contributed by atoms with Crippen LogP contribution in [-0.4, -0.2) is 37.0 Å². The standard InChI is InChI=1S/C28H32N4O4S/c1-21(2)19-30-28(32-37(35,36)25-13-4-3-5-14-25)31-24-12-8-10-22(18-24)26(15-6-7-16-27(33)34)23-11-9-17-29-20-23/h3-5,8-15,17-18,20-21H,6-7,16,19H2,1-2H3,(H,33,34)(H2,30,31,32). The number of benzene rings is 2. The first kappa shape index (κ1) is 27.6. The van der Waals surface area contributed by atoms with Crippen LogP contribution in [0.4, 0.5) is 5.69 Å². The maximum atomic E-state index is 12.9. The number of carbonyl (C=O) groups is 1. The maximum Gasteiger partial charge on any atom is 0.303 e. The van der Waals surface area contributed by atoms with E-state index in [2.05, 4.69) is 20.0 Å². The highest BCUT2D eigenvalue weighted by atomic mass is 32.2. The van der Waals surface area contributed by atoms with Crippen LogP contribution < -0.4 is 10.0 Å². The van der Waals surface area contributed by atoms with Crippen LogP contribution in [0.5, 0.6) is 0 Å². The molecule has 0 amide bonds. The second-order valence-corrected chi connectivity index (χ2v) is 10.5. The van der Waals surface area contributed by atoms with Crippen molar-refractivity contribution < 1.29 is 18.3 Å². The molecule has 37 heavy (non-hydrogen) atoms. The van der Waals surface area contributed by atoms with Gasteiger partial charge < -0.3 is 10.4 Å². The summed E-state index contributed by atoms with van der Waals surface area (Å²) in [5, 5.41) is 12.1. The number of carboxylic acid groups (broad SMARTS) is 1. The van der Waals surface area contributed by atoms with E-state index in [1.807, 2.05) is 56.3 Å². The zero-order valence-electron chi connectivity index (χ0n) is 21.0. The van der Waals surface area contributed by atoms with Crippen LogP contribution in [-0.2, 0) is 14.8 Å². The number of carboxylic acids is 1. The number of aromatic nitrogens is 1. The normalized spacial score (nSPS) is 12.4. The number of anilines is 1. The smallest absolute Gasteiger partial charge is 0.303 e. The fourth-order valence-corrected chi connectivity index (χ4v) is 4.49. The van der Waals surface area contributed by atoms with Gasteiger partial charge in [-0.15, -0.1) is 0 Å². The summed E-state index contributed by atoms with van der Waals surface area (Å²) in [5.74, 6) is -0.466. The number of aliphatic imine (C=N–C) groups is 1. The summed E-state index contributed by atoms with van der Waals surface area (Å²) in [4.78, 5) is 19.8. The number of nitrogens with one attached hydrogen (secondary N) is 2. The van der Waals surface area contributed by atoms with Gasteiger partial charge in [0, 0.05) is 36.6 Å². The van der Waals surface area contributed by atoms with E-state index in [-0.39, 0.29) is 23.2 Å². The molecule has 0 unspecified atom stereocenters. The molecule has 0 spiro atoms. The molecular weight excluding hydrogens is 488 g/mol. The average molecular weight is 521 g/mol. The van der Waals surface area contributed by atoms with E-state index in [0.29, 0.717) is 25.1 Å². The Morgan fingerprint density at radius 2 is 1.81 bits per heavy atom. The molecule has 0 saturated heterocycles. The molecule has 1 heterocycles. The average Bonchev–Trinajstić information content (AvgIpc) is 2.88. The number of aliphatic carboxylic acids is 1. The minimum atomic E-state index is -3.83. The van der Waals surface area contributed by atoms with E-state index in [9.17, 15) is 13.2 Å². The predicted molar refractivity (Wildman–Crippen MR) is 147 cm³/mol. The van der Waals surface area contributed by atoms with Gasteiger partial charge in [0.25, 0.3) is 10.0 Å². The summed E-state index contributed by atoms with van der Waals surface area (Å²) in [6.07, 6.45) is 6.66. The van der Waals surface area contributed by atoms with E-state index in [1.54, 1.807) is 30.6 Å². The van der Waals surface area contributed by atoms with E-state index in [4.69, 9.17) is 5.11 Å². The number of hydrogen-bond acceptors (Lipinski definition) is 5. The largest absolute Gasteiger partial charge is 0.481 e. The Hall–Kier alpha value is -3.98. The SMILES string of the molecule is CC(C)CN=C(Nc1cccc(C(=CCCCC(=O)O)c2cccnc2)c1)NS(=O)(=O)c1ccccc1. The van der Waals surface area contributed by atoms with Crippen LogP contribution in [0.2, 0.25) is 0 Å². The molecule has 8 nitrogen and oxygen atoms in total. The lowest BCUT2D eigenvalue weighted by Gasteiger charge is -2.15. The van der Waals surface area contributed by atoms with Crippen LogP contribution in [0.25, 0.3) is 5.57 Å². The van der Waals surface area contributed by atoms with Crippen LogP contribution >= 0.6 is 0 Å². The first-order valence-electron chi connectivity index (χ1n) is 12.1. The molecule has 0 aliphatic rings. The minimum absolute atomic E-state index is 0.0929. The number of unbranched alkanes of at least 4 members (excludes halogenated alkanes) is 1. The lowest BCUT2D eigenvalue weighted by Crippen LogP contribution is -2.36. The van der Waals surface area contributed by atoms with Gasteiger partial charge in [-0.05, 0) is 60.2 Å². The summed E-state index contributed by atoms with van der Waals surface area (Å²) in [5.41, 5.74) is 3.33. The molecule has 0 aliphatic heterocycles. The third kappa shape index (κ3) is 8.88. The van der Waals surface area contributed by atoms with Crippen molar-refractivity contribution in [1.29, 1.82) is 0 Å². The quantitative estimate of drug-likeness (QED) is 0.182. The lowest BCUT2D eigenvalue weighted by molar-refractivity contribution is -0.137. The molecule has 3 rings (SSSR count). The van der Waals surface area contributed by atoms with Gasteiger partial charge in [0.05, 0.1) is 4.90 Å². The fraction of sp³-hybridized carbons (Fsp3) is 0.250. The van der Waals surface area contributed by atoms with Crippen molar-refractivity contribution in [2.75, 3.05) is 11.9 Å². The molecule has 0 atom stereocenters. The summed E-state index contributed by atoms with van der Waals surface area (Å²) in [6.45, 7) is 4.44. The highest BCUT2D eigenvalue weighted by Gasteiger charge is 2.17. The Labute approximate surface area is 218 Å². The van der Waals surface area contributed by atoms with E-state index in [1.165, 1.54) is 12.1 Å². The van der Waals surface area contributed by atoms with Crippen molar-refractivity contribution >= 4 is 33.2 Å². The van der Waals surface area contributed by atoms with Crippen LogP contribution in [0.1, 0.15) is 44.2 Å². The van der Waals surface area contributed by atoms with Gasteiger partial charge in [-0.2, -0.15) is 0 Å². The minimum Gasteiger partial charge on any atom is -0.481 e. The second kappa shape index (κ2) is 13.4. The molecule has 3 aromatic rings. The van der Waals surface area contributed by atoms with Gasteiger partial charge >= 0.3 is 5.97 Å². The molecule has 3 N–H and O–H groups in total. The summed E-state index contributed by atoms with van der Waals surface area (Å²) in [6, 6.07) is 19.5. The molecular formula is C28H32N4O4S. The highest BCUT2D eigenvalue weighted by molar-refractivity contribution is 7.90. The van der Waals surface area contributed by atoms with Crippen molar-refractivity contribution in [3.8, 4) is 0 Å². The molecule has 0 saturated carbocycles. The van der Waals surface area contributed by atoms with E-state index >= 15 is 0 Å². The Kier molecular flexibility index (Phi) is 9.97. The van der Waals surface area contributed by atoms with Crippen LogP contribution in [0.3, 0.4) is 0 Å². The fourth-order valence-electron chi connectivity index (χ4n) is 3.48. The van der Waals surface area contributed by atoms with Crippen molar-refractivity contribution in [3.05, 3.63) is 96.3 Å². The van der Waals surface area contributed by atoms with Crippen molar-refractivity contribution in [2.45, 2.75) is 38.0 Å². The van der Waals surface area contributed by atoms with Gasteiger partial charge in [-0.25, -0.2) is 13.1 Å². The molecule has 9 heteroatoms. The van der Waals surface area contributed by atoms with Gasteiger partial charge in [0.2, 0.25) is 5.96 Å². The van der Waals surface area contributed by atoms with Crippen LogP contribution in [0, 0.1) is 5.92 Å². The van der Waals surface area contributed by atoms with Crippen LogP contribution in [0.15, 0.2) is 95.1 Å². The Morgan fingerprint density at radius 3 is 2.49 bits per heavy atom. The summed E-state index contributed by atoms with van der Waals surface area (Å²) < 4.78 is 28.5. The summed E-state index contributed by atoms with van der Waals surface area (Å²) in [7, 11) is -3.83. The second-order valence-electron chi connectivity index (χ2n) is 8.85. The zero-order chi connectivity index (χ0) is 26.7. The maximum absolute atomic E-state index is 12.9. The molecule has 0 bridgehead atoms. The Bertz CT molecular complexity index is 1340. The third-order valence-electron chi connectivity index (χ3n) is 5.25. The molecule has 1 aromatic heterocycles. The molecule has 2 aromatic carbocycles. The van der Waals surface area contributed by atoms with Gasteiger partial charge in [-0.3, -0.25) is 14.8 Å². The number of nitrogens with zero attached hydrogens (tertiary/aromatic N) is 2. The number of rotatable bonds is 11. The first-order chi connectivity index (χ1) is 17.7. The zero-order valence-corrected chi connectivity index (χ0v) is 21.8. The number of pyridine rings is 1.